The topological polar surface area (TPSA) is 3.24 Å². The molecule has 2 aliphatic carbocycles. The van der Waals surface area contributed by atoms with Crippen LogP contribution < -0.4 is 0 Å². The van der Waals surface area contributed by atoms with Crippen molar-refractivity contribution in [3.63, 3.8) is 0 Å². The second kappa shape index (κ2) is 3.55. The molecule has 2 rings (SSSR count). The van der Waals surface area contributed by atoms with E-state index in [1.54, 1.807) is 0 Å². The Labute approximate surface area is 80.1 Å². The highest BCUT2D eigenvalue weighted by molar-refractivity contribution is 6.21. The summed E-state index contributed by atoms with van der Waals surface area (Å²) >= 11 is 5.93. The van der Waals surface area contributed by atoms with Crippen LogP contribution in [-0.2, 0) is 0 Å². The van der Waals surface area contributed by atoms with Gasteiger partial charge in [0.1, 0.15) is 0 Å². The first-order valence-electron chi connectivity index (χ1n) is 5.06. The second-order valence-electron chi connectivity index (χ2n) is 4.60. The Morgan fingerprint density at radius 3 is 2.25 bits per heavy atom. The maximum atomic E-state index is 5.93. The molecule has 70 valence electrons. The minimum atomic E-state index is 0.490. The molecule has 0 amide bonds. The van der Waals surface area contributed by atoms with Gasteiger partial charge in [-0.15, -0.1) is 11.6 Å². The number of hydrogen-bond acceptors (Lipinski definition) is 1. The Morgan fingerprint density at radius 2 is 1.75 bits per heavy atom. The summed E-state index contributed by atoms with van der Waals surface area (Å²) in [5, 5.41) is 0.490. The van der Waals surface area contributed by atoms with Crippen LogP contribution in [0.2, 0.25) is 0 Å². The molecule has 0 aromatic rings. The monoisotopic (exact) mass is 187 g/mol. The SMILES string of the molecule is CN(CC1CC1)CC1CC(Cl)C1. The molecule has 0 aromatic heterocycles. The Kier molecular flexibility index (Phi) is 2.61. The van der Waals surface area contributed by atoms with Crippen molar-refractivity contribution in [2.24, 2.45) is 11.8 Å². The van der Waals surface area contributed by atoms with Crippen molar-refractivity contribution in [3.05, 3.63) is 0 Å². The summed E-state index contributed by atoms with van der Waals surface area (Å²) in [6.07, 6.45) is 5.42. The number of alkyl halides is 1. The van der Waals surface area contributed by atoms with Crippen molar-refractivity contribution < 1.29 is 0 Å². The summed E-state index contributed by atoms with van der Waals surface area (Å²) in [5.41, 5.74) is 0. The van der Waals surface area contributed by atoms with Gasteiger partial charge in [0.2, 0.25) is 0 Å². The van der Waals surface area contributed by atoms with Crippen LogP contribution in [0.5, 0.6) is 0 Å². The largest absolute Gasteiger partial charge is 0.306 e. The third-order valence-corrected chi connectivity index (χ3v) is 3.37. The number of halogens is 1. The first-order chi connectivity index (χ1) is 5.74. The van der Waals surface area contributed by atoms with Gasteiger partial charge in [0.25, 0.3) is 0 Å². The molecule has 0 unspecified atom stereocenters. The van der Waals surface area contributed by atoms with Crippen molar-refractivity contribution in [1.82, 2.24) is 4.90 Å². The number of hydrogen-bond donors (Lipinski definition) is 0. The van der Waals surface area contributed by atoms with E-state index in [1.807, 2.05) is 0 Å². The van der Waals surface area contributed by atoms with E-state index in [0.717, 1.165) is 11.8 Å². The molecule has 0 N–H and O–H groups in total. The Bertz CT molecular complexity index is 150. The van der Waals surface area contributed by atoms with Crippen LogP contribution >= 0.6 is 11.6 Å². The molecule has 2 heteroatoms. The zero-order valence-electron chi connectivity index (χ0n) is 7.80. The molecule has 2 aliphatic rings. The minimum Gasteiger partial charge on any atom is -0.306 e. The molecule has 1 nitrogen and oxygen atoms in total. The Hall–Kier alpha value is 0.250. The zero-order chi connectivity index (χ0) is 8.55. The average molecular weight is 188 g/mol. The van der Waals surface area contributed by atoms with E-state index in [-0.39, 0.29) is 0 Å². The van der Waals surface area contributed by atoms with Crippen molar-refractivity contribution >= 4 is 11.6 Å². The number of rotatable bonds is 4. The molecule has 0 aliphatic heterocycles. The third-order valence-electron chi connectivity index (χ3n) is 3.01. The van der Waals surface area contributed by atoms with E-state index in [9.17, 15) is 0 Å². The van der Waals surface area contributed by atoms with Crippen LogP contribution in [0, 0.1) is 11.8 Å². The quantitative estimate of drug-likeness (QED) is 0.611. The summed E-state index contributed by atoms with van der Waals surface area (Å²) in [6, 6.07) is 0. The molecule has 0 heterocycles. The molecule has 2 saturated carbocycles. The van der Waals surface area contributed by atoms with Crippen molar-refractivity contribution in [1.29, 1.82) is 0 Å². The van der Waals surface area contributed by atoms with Crippen LogP contribution in [0.25, 0.3) is 0 Å². The lowest BCUT2D eigenvalue weighted by molar-refractivity contribution is 0.204. The fraction of sp³-hybridized carbons (Fsp3) is 1.00. The van der Waals surface area contributed by atoms with Gasteiger partial charge in [-0.05, 0) is 44.6 Å². The van der Waals surface area contributed by atoms with E-state index >= 15 is 0 Å². The maximum Gasteiger partial charge on any atom is 0.0342 e. The van der Waals surface area contributed by atoms with Crippen molar-refractivity contribution in [2.75, 3.05) is 20.1 Å². The molecule has 2 fully saturated rings. The van der Waals surface area contributed by atoms with Crippen LogP contribution in [0.1, 0.15) is 25.7 Å². The van der Waals surface area contributed by atoms with Gasteiger partial charge in [-0.25, -0.2) is 0 Å². The highest BCUT2D eigenvalue weighted by Crippen LogP contribution is 2.34. The minimum absolute atomic E-state index is 0.490. The standard InChI is InChI=1S/C10H18ClN/c1-12(6-8-2-3-8)7-9-4-10(11)5-9/h8-10H,2-7H2,1H3. The van der Waals surface area contributed by atoms with Gasteiger partial charge in [0, 0.05) is 18.5 Å². The predicted octanol–water partition coefficient (Wildman–Crippen LogP) is 2.35. The van der Waals surface area contributed by atoms with Gasteiger partial charge in [-0.1, -0.05) is 0 Å². The van der Waals surface area contributed by atoms with Crippen LogP contribution in [-0.4, -0.2) is 30.4 Å². The fourth-order valence-electron chi connectivity index (χ4n) is 2.06. The highest BCUT2D eigenvalue weighted by Gasteiger charge is 2.29. The van der Waals surface area contributed by atoms with Crippen LogP contribution in [0.3, 0.4) is 0 Å². The third kappa shape index (κ3) is 2.37. The van der Waals surface area contributed by atoms with Crippen molar-refractivity contribution in [3.8, 4) is 0 Å². The van der Waals surface area contributed by atoms with Crippen molar-refractivity contribution in [2.45, 2.75) is 31.1 Å². The molecule has 0 aromatic carbocycles. The first kappa shape index (κ1) is 8.83. The van der Waals surface area contributed by atoms with Gasteiger partial charge < -0.3 is 4.90 Å². The maximum absolute atomic E-state index is 5.93. The predicted molar refractivity (Wildman–Crippen MR) is 52.6 cm³/mol. The normalized spacial score (nSPS) is 35.2. The molecular formula is C10H18ClN. The van der Waals surface area contributed by atoms with Gasteiger partial charge >= 0.3 is 0 Å². The molecule has 0 radical (unpaired) electrons. The second-order valence-corrected chi connectivity index (χ2v) is 5.22. The fourth-order valence-corrected chi connectivity index (χ4v) is 2.56. The van der Waals surface area contributed by atoms with Gasteiger partial charge in [-0.2, -0.15) is 0 Å². The molecule has 0 bridgehead atoms. The Morgan fingerprint density at radius 1 is 1.17 bits per heavy atom. The van der Waals surface area contributed by atoms with E-state index < -0.39 is 0 Å². The van der Waals surface area contributed by atoms with E-state index in [1.165, 1.54) is 38.8 Å². The summed E-state index contributed by atoms with van der Waals surface area (Å²) < 4.78 is 0. The first-order valence-corrected chi connectivity index (χ1v) is 5.50. The zero-order valence-corrected chi connectivity index (χ0v) is 8.56. The van der Waals surface area contributed by atoms with Crippen LogP contribution in [0.4, 0.5) is 0 Å². The molecule has 0 atom stereocenters. The van der Waals surface area contributed by atoms with Gasteiger partial charge in [0.05, 0.1) is 0 Å². The van der Waals surface area contributed by atoms with E-state index in [0.29, 0.717) is 5.38 Å². The lowest BCUT2D eigenvalue weighted by Crippen LogP contribution is -2.35. The average Bonchev–Trinajstić information content (AvgIpc) is 2.68. The smallest absolute Gasteiger partial charge is 0.0342 e. The Balaban J connectivity index is 1.58. The van der Waals surface area contributed by atoms with E-state index in [4.69, 9.17) is 11.6 Å². The summed E-state index contributed by atoms with van der Waals surface area (Å²) in [5.74, 6) is 1.93. The summed E-state index contributed by atoms with van der Waals surface area (Å²) in [7, 11) is 2.25. The summed E-state index contributed by atoms with van der Waals surface area (Å²) in [6.45, 7) is 2.60. The molecule has 12 heavy (non-hydrogen) atoms. The molecular weight excluding hydrogens is 170 g/mol. The van der Waals surface area contributed by atoms with E-state index in [2.05, 4.69) is 11.9 Å². The molecule has 0 spiro atoms. The summed E-state index contributed by atoms with van der Waals surface area (Å²) in [4.78, 5) is 2.49. The number of nitrogens with zero attached hydrogens (tertiary/aromatic N) is 1. The molecule has 0 saturated heterocycles. The van der Waals surface area contributed by atoms with Crippen LogP contribution in [0.15, 0.2) is 0 Å². The lowest BCUT2D eigenvalue weighted by atomic mass is 9.84. The van der Waals surface area contributed by atoms with Gasteiger partial charge in [0.15, 0.2) is 0 Å². The highest BCUT2D eigenvalue weighted by atomic mass is 35.5. The lowest BCUT2D eigenvalue weighted by Gasteiger charge is -2.34. The van der Waals surface area contributed by atoms with Gasteiger partial charge in [-0.3, -0.25) is 0 Å².